The Morgan fingerprint density at radius 1 is 0.346 bits per heavy atom. The number of hydrogen-bond donors (Lipinski definition) is 0. The van der Waals surface area contributed by atoms with Gasteiger partial charge >= 0.3 is 0 Å². The van der Waals surface area contributed by atoms with Gasteiger partial charge in [-0.25, -0.2) is 15.0 Å². The standard InChI is InChI=1S/C46H26N4O2/c1-2-10-27(11-3-1)44-48-45(50-46(49-44)35-17-9-19-39-42(35)34-15-6-7-18-38(34)51-39)33-16-8-14-30-22-31(20-21-32(30)33)37-25-47-26-41-43(37)36-23-28-12-4-5-13-29(28)24-40(36)52-41/h1-26H. The zero-order valence-electron chi connectivity index (χ0n) is 27.6. The van der Waals surface area contributed by atoms with Crippen LogP contribution in [0.15, 0.2) is 167 Å². The Labute approximate surface area is 296 Å². The van der Waals surface area contributed by atoms with Gasteiger partial charge in [0.2, 0.25) is 0 Å². The van der Waals surface area contributed by atoms with Crippen molar-refractivity contribution in [1.82, 2.24) is 19.9 Å². The highest BCUT2D eigenvalue weighted by atomic mass is 16.3. The summed E-state index contributed by atoms with van der Waals surface area (Å²) in [5.74, 6) is 1.80. The number of nitrogens with zero attached hydrogens (tertiary/aromatic N) is 4. The molecular weight excluding hydrogens is 641 g/mol. The van der Waals surface area contributed by atoms with E-state index in [-0.39, 0.29) is 0 Å². The van der Waals surface area contributed by atoms with Crippen LogP contribution in [-0.4, -0.2) is 19.9 Å². The van der Waals surface area contributed by atoms with Crippen LogP contribution >= 0.6 is 0 Å². The Kier molecular flexibility index (Phi) is 6.15. The Hall–Kier alpha value is -7.18. The van der Waals surface area contributed by atoms with E-state index in [4.69, 9.17) is 23.8 Å². The number of fused-ring (bicyclic) bond motifs is 8. The third-order valence-electron chi connectivity index (χ3n) is 9.99. The quantitative estimate of drug-likeness (QED) is 0.186. The van der Waals surface area contributed by atoms with Gasteiger partial charge < -0.3 is 8.83 Å². The van der Waals surface area contributed by atoms with E-state index in [2.05, 4.69) is 89.9 Å². The summed E-state index contributed by atoms with van der Waals surface area (Å²) in [5, 5.41) is 8.57. The van der Waals surface area contributed by atoms with Gasteiger partial charge in [-0.05, 0) is 57.4 Å². The minimum absolute atomic E-state index is 0.590. The number of benzene rings is 7. The van der Waals surface area contributed by atoms with E-state index in [9.17, 15) is 0 Å². The van der Waals surface area contributed by atoms with Crippen molar-refractivity contribution in [3.63, 3.8) is 0 Å². The van der Waals surface area contributed by atoms with Crippen LogP contribution in [0.3, 0.4) is 0 Å². The van der Waals surface area contributed by atoms with Crippen LogP contribution in [0.5, 0.6) is 0 Å². The summed E-state index contributed by atoms with van der Waals surface area (Å²) in [7, 11) is 0. The highest BCUT2D eigenvalue weighted by Crippen LogP contribution is 2.40. The first-order chi connectivity index (χ1) is 25.7. The zero-order chi connectivity index (χ0) is 34.2. The summed E-state index contributed by atoms with van der Waals surface area (Å²) >= 11 is 0. The largest absolute Gasteiger partial charge is 0.456 e. The van der Waals surface area contributed by atoms with Crippen molar-refractivity contribution in [2.75, 3.05) is 0 Å². The maximum atomic E-state index is 6.34. The molecule has 0 aliphatic rings. The number of pyridine rings is 1. The van der Waals surface area contributed by atoms with E-state index >= 15 is 0 Å². The van der Waals surface area contributed by atoms with Gasteiger partial charge in [0, 0.05) is 50.0 Å². The minimum atomic E-state index is 0.590. The molecule has 0 radical (unpaired) electrons. The van der Waals surface area contributed by atoms with Gasteiger partial charge in [0.25, 0.3) is 0 Å². The average Bonchev–Trinajstić information content (AvgIpc) is 3.77. The van der Waals surface area contributed by atoms with E-state index in [1.165, 1.54) is 5.39 Å². The molecule has 0 unspecified atom stereocenters. The SMILES string of the molecule is c1ccc(-c2nc(-c3cccc4cc(-c5cncc6oc7cc8ccccc8cc7c56)ccc34)nc(-c3cccc4oc5ccccc5c34)n2)cc1. The van der Waals surface area contributed by atoms with Crippen molar-refractivity contribution in [2.45, 2.75) is 0 Å². The molecule has 0 aliphatic heterocycles. The highest BCUT2D eigenvalue weighted by molar-refractivity contribution is 6.16. The van der Waals surface area contributed by atoms with Gasteiger partial charge in [0.15, 0.2) is 23.1 Å². The monoisotopic (exact) mass is 666 g/mol. The van der Waals surface area contributed by atoms with Crippen molar-refractivity contribution in [3.05, 3.63) is 158 Å². The van der Waals surface area contributed by atoms with Crippen molar-refractivity contribution >= 4 is 65.4 Å². The van der Waals surface area contributed by atoms with Gasteiger partial charge in [0.05, 0.1) is 6.20 Å². The fourth-order valence-electron chi connectivity index (χ4n) is 7.57. The lowest BCUT2D eigenvalue weighted by Crippen LogP contribution is -2.00. The van der Waals surface area contributed by atoms with Crippen LogP contribution in [0.1, 0.15) is 0 Å². The molecule has 6 heteroatoms. The molecule has 4 aromatic heterocycles. The lowest BCUT2D eigenvalue weighted by Gasteiger charge is -2.12. The smallest absolute Gasteiger partial charge is 0.164 e. The Balaban J connectivity index is 1.10. The number of para-hydroxylation sites is 1. The summed E-state index contributed by atoms with van der Waals surface area (Å²) < 4.78 is 12.6. The van der Waals surface area contributed by atoms with Crippen LogP contribution in [0.25, 0.3) is 111 Å². The Morgan fingerprint density at radius 2 is 1.02 bits per heavy atom. The summed E-state index contributed by atoms with van der Waals surface area (Å²) in [6.45, 7) is 0. The van der Waals surface area contributed by atoms with Gasteiger partial charge in [-0.3, -0.25) is 4.98 Å². The van der Waals surface area contributed by atoms with E-state index in [1.807, 2.05) is 66.9 Å². The van der Waals surface area contributed by atoms with Gasteiger partial charge in [-0.15, -0.1) is 0 Å². The number of hydrogen-bond acceptors (Lipinski definition) is 6. The Morgan fingerprint density at radius 3 is 1.92 bits per heavy atom. The number of aromatic nitrogens is 4. The molecule has 0 N–H and O–H groups in total. The van der Waals surface area contributed by atoms with E-state index in [0.29, 0.717) is 17.5 Å². The summed E-state index contributed by atoms with van der Waals surface area (Å²) in [5.41, 5.74) is 8.05. The molecule has 242 valence electrons. The van der Waals surface area contributed by atoms with Crippen LogP contribution < -0.4 is 0 Å². The van der Waals surface area contributed by atoms with Crippen molar-refractivity contribution in [1.29, 1.82) is 0 Å². The molecule has 0 saturated carbocycles. The van der Waals surface area contributed by atoms with Crippen LogP contribution in [-0.2, 0) is 0 Å². The van der Waals surface area contributed by atoms with E-state index < -0.39 is 0 Å². The topological polar surface area (TPSA) is 77.8 Å². The highest BCUT2D eigenvalue weighted by Gasteiger charge is 2.19. The molecule has 7 aromatic carbocycles. The van der Waals surface area contributed by atoms with Crippen molar-refractivity contribution < 1.29 is 8.83 Å². The molecule has 0 atom stereocenters. The first-order valence-electron chi connectivity index (χ1n) is 17.2. The predicted molar refractivity (Wildman–Crippen MR) is 209 cm³/mol. The second-order valence-corrected chi connectivity index (χ2v) is 13.0. The second-order valence-electron chi connectivity index (χ2n) is 13.0. The molecule has 0 fully saturated rings. The van der Waals surface area contributed by atoms with Crippen LogP contribution in [0, 0.1) is 0 Å². The molecule has 0 aliphatic carbocycles. The normalized spacial score (nSPS) is 11.8. The molecule has 11 aromatic rings. The van der Waals surface area contributed by atoms with Crippen LogP contribution in [0.2, 0.25) is 0 Å². The second kappa shape index (κ2) is 11.2. The third-order valence-corrected chi connectivity index (χ3v) is 9.99. The summed E-state index contributed by atoms with van der Waals surface area (Å²) in [6.07, 6.45) is 3.74. The summed E-state index contributed by atoms with van der Waals surface area (Å²) in [6, 6.07) is 49.7. The lowest BCUT2D eigenvalue weighted by molar-refractivity contribution is 0.667. The number of rotatable bonds is 4. The Bertz CT molecular complexity index is 3200. The third kappa shape index (κ3) is 4.44. The molecule has 0 spiro atoms. The molecule has 0 bridgehead atoms. The number of furan rings is 2. The van der Waals surface area contributed by atoms with E-state index in [0.717, 1.165) is 87.9 Å². The molecular formula is C46H26N4O2. The maximum Gasteiger partial charge on any atom is 0.164 e. The van der Waals surface area contributed by atoms with E-state index in [1.54, 1.807) is 6.20 Å². The minimum Gasteiger partial charge on any atom is -0.456 e. The molecule has 11 rings (SSSR count). The fourth-order valence-corrected chi connectivity index (χ4v) is 7.57. The van der Waals surface area contributed by atoms with Crippen molar-refractivity contribution in [3.8, 4) is 45.3 Å². The van der Waals surface area contributed by atoms with Crippen LogP contribution in [0.4, 0.5) is 0 Å². The van der Waals surface area contributed by atoms with Gasteiger partial charge in [-0.2, -0.15) is 0 Å². The maximum absolute atomic E-state index is 6.34. The van der Waals surface area contributed by atoms with Crippen molar-refractivity contribution in [2.24, 2.45) is 0 Å². The van der Waals surface area contributed by atoms with Gasteiger partial charge in [-0.1, -0.05) is 115 Å². The molecule has 4 heterocycles. The predicted octanol–water partition coefficient (Wildman–Crippen LogP) is 12.0. The first kappa shape index (κ1) is 28.6. The molecule has 0 saturated heterocycles. The fraction of sp³-hybridized carbons (Fsp3) is 0. The molecule has 0 amide bonds. The summed E-state index contributed by atoms with van der Waals surface area (Å²) in [4.78, 5) is 19.9. The van der Waals surface area contributed by atoms with Gasteiger partial charge in [0.1, 0.15) is 16.7 Å². The first-order valence-corrected chi connectivity index (χ1v) is 17.2. The zero-order valence-corrected chi connectivity index (χ0v) is 27.6. The average molecular weight is 667 g/mol. The molecule has 52 heavy (non-hydrogen) atoms. The molecule has 6 nitrogen and oxygen atoms in total. The lowest BCUT2D eigenvalue weighted by atomic mass is 9.96.